The van der Waals surface area contributed by atoms with Gasteiger partial charge in [-0.15, -0.1) is 0 Å². The summed E-state index contributed by atoms with van der Waals surface area (Å²) in [7, 11) is -1.45. The Bertz CT molecular complexity index is 1430. The van der Waals surface area contributed by atoms with E-state index in [1.54, 1.807) is 37.3 Å². The third kappa shape index (κ3) is 7.75. The molecule has 0 aliphatic rings. The van der Waals surface area contributed by atoms with E-state index in [0.29, 0.717) is 11.3 Å². The number of carbonyl (C=O) groups excluding carboxylic acids is 2. The fourth-order valence-electron chi connectivity index (χ4n) is 4.31. The molecule has 3 rings (SSSR count). The van der Waals surface area contributed by atoms with Gasteiger partial charge in [0.25, 0.3) is 10.0 Å². The molecule has 0 heterocycles. The lowest BCUT2D eigenvalue weighted by atomic mass is 10.1. The average Bonchev–Trinajstić information content (AvgIpc) is 2.96. The second kappa shape index (κ2) is 14.0. The van der Waals surface area contributed by atoms with Gasteiger partial charge in [0.2, 0.25) is 11.8 Å². The monoisotopic (exact) mass is 585 g/mol. The average molecular weight is 586 g/mol. The standard InChI is InChI=1S/C30H36FN3O6S/c1-6-26(30(36)32-21(2)3)33(19-22-12-14-23(31)15-13-22)29(35)20-34(24-10-8-7-9-11-24)41(37,38)25-16-17-27(39-4)28(18-25)40-5/h7-18,21,26H,6,19-20H2,1-5H3,(H,32,36)/t26-/m0/s1. The van der Waals surface area contributed by atoms with Crippen LogP contribution in [0.5, 0.6) is 11.5 Å². The van der Waals surface area contributed by atoms with Crippen molar-refractivity contribution in [3.05, 3.63) is 84.2 Å². The number of nitrogens with one attached hydrogen (secondary N) is 1. The fourth-order valence-corrected chi connectivity index (χ4v) is 5.74. The summed E-state index contributed by atoms with van der Waals surface area (Å²) in [6.07, 6.45) is 0.277. The summed E-state index contributed by atoms with van der Waals surface area (Å²) in [6.45, 7) is 4.77. The van der Waals surface area contributed by atoms with Crippen LogP contribution in [0, 0.1) is 5.82 Å². The van der Waals surface area contributed by atoms with Crippen molar-refractivity contribution in [1.82, 2.24) is 10.2 Å². The number of benzene rings is 3. The van der Waals surface area contributed by atoms with Crippen LogP contribution >= 0.6 is 0 Å². The Hall–Kier alpha value is -4.12. The Balaban J connectivity index is 2.07. The number of nitrogens with zero attached hydrogens (tertiary/aromatic N) is 2. The molecular formula is C30H36FN3O6S. The summed E-state index contributed by atoms with van der Waals surface area (Å²) in [5, 5.41) is 2.84. The molecule has 0 bridgehead atoms. The second-order valence-electron chi connectivity index (χ2n) is 9.60. The highest BCUT2D eigenvalue weighted by Crippen LogP contribution is 2.32. The highest BCUT2D eigenvalue weighted by molar-refractivity contribution is 7.92. The quantitative estimate of drug-likeness (QED) is 0.320. The molecule has 220 valence electrons. The molecule has 0 unspecified atom stereocenters. The van der Waals surface area contributed by atoms with Crippen LogP contribution in [0.3, 0.4) is 0 Å². The number of sulfonamides is 1. The minimum absolute atomic E-state index is 0.0256. The third-order valence-corrected chi connectivity index (χ3v) is 8.12. The first-order chi connectivity index (χ1) is 19.5. The van der Waals surface area contributed by atoms with Crippen LogP contribution in [0.25, 0.3) is 0 Å². The SMILES string of the molecule is CC[C@@H](C(=O)NC(C)C)N(Cc1ccc(F)cc1)C(=O)CN(c1ccccc1)S(=O)(=O)c1ccc(OC)c(OC)c1. The molecule has 1 N–H and O–H groups in total. The molecule has 2 amide bonds. The number of amides is 2. The van der Waals surface area contributed by atoms with Crippen LogP contribution in [0.15, 0.2) is 77.7 Å². The molecular weight excluding hydrogens is 549 g/mol. The van der Waals surface area contributed by atoms with E-state index in [4.69, 9.17) is 9.47 Å². The molecule has 0 aromatic heterocycles. The summed E-state index contributed by atoms with van der Waals surface area (Å²) in [4.78, 5) is 28.4. The summed E-state index contributed by atoms with van der Waals surface area (Å²) >= 11 is 0. The van der Waals surface area contributed by atoms with Gasteiger partial charge in [0.05, 0.1) is 24.8 Å². The number of hydrogen-bond acceptors (Lipinski definition) is 6. The zero-order valence-corrected chi connectivity index (χ0v) is 24.7. The van der Waals surface area contributed by atoms with Crippen LogP contribution in [-0.4, -0.2) is 58.0 Å². The Morgan fingerprint density at radius 2 is 1.56 bits per heavy atom. The minimum atomic E-state index is -4.29. The summed E-state index contributed by atoms with van der Waals surface area (Å²) in [6, 6.07) is 16.9. The number of para-hydroxylation sites is 1. The van der Waals surface area contributed by atoms with Crippen LogP contribution in [0.1, 0.15) is 32.8 Å². The van der Waals surface area contributed by atoms with E-state index >= 15 is 0 Å². The summed E-state index contributed by atoms with van der Waals surface area (Å²) in [5.41, 5.74) is 0.849. The first kappa shape index (κ1) is 31.4. The Morgan fingerprint density at radius 3 is 2.12 bits per heavy atom. The van der Waals surface area contributed by atoms with E-state index in [0.717, 1.165) is 4.31 Å². The highest BCUT2D eigenvalue weighted by Gasteiger charge is 2.34. The van der Waals surface area contributed by atoms with E-state index in [1.807, 2.05) is 13.8 Å². The normalized spacial score (nSPS) is 12.0. The predicted octanol–water partition coefficient (Wildman–Crippen LogP) is 4.37. The number of methoxy groups -OCH3 is 2. The van der Waals surface area contributed by atoms with Crippen molar-refractivity contribution in [2.24, 2.45) is 0 Å². The van der Waals surface area contributed by atoms with Crippen molar-refractivity contribution in [2.75, 3.05) is 25.1 Å². The van der Waals surface area contributed by atoms with Crippen molar-refractivity contribution in [3.8, 4) is 11.5 Å². The van der Waals surface area contributed by atoms with E-state index in [1.165, 1.54) is 61.6 Å². The number of hydrogen-bond donors (Lipinski definition) is 1. The lowest BCUT2D eigenvalue weighted by Crippen LogP contribution is -2.53. The van der Waals surface area contributed by atoms with Crippen LogP contribution in [0.2, 0.25) is 0 Å². The first-order valence-electron chi connectivity index (χ1n) is 13.2. The maximum Gasteiger partial charge on any atom is 0.264 e. The van der Waals surface area contributed by atoms with Gasteiger partial charge in [-0.2, -0.15) is 0 Å². The van der Waals surface area contributed by atoms with Gasteiger partial charge >= 0.3 is 0 Å². The fraction of sp³-hybridized carbons (Fsp3) is 0.333. The number of anilines is 1. The van der Waals surface area contributed by atoms with Crippen LogP contribution in [-0.2, 0) is 26.2 Å². The molecule has 0 aliphatic carbocycles. The summed E-state index contributed by atoms with van der Waals surface area (Å²) < 4.78 is 53.2. The van der Waals surface area contributed by atoms with Crippen molar-refractivity contribution in [3.63, 3.8) is 0 Å². The molecule has 0 saturated heterocycles. The van der Waals surface area contributed by atoms with E-state index in [2.05, 4.69) is 5.32 Å². The highest BCUT2D eigenvalue weighted by atomic mass is 32.2. The van der Waals surface area contributed by atoms with Gasteiger partial charge in [-0.1, -0.05) is 37.3 Å². The number of carbonyl (C=O) groups is 2. The molecule has 0 saturated carbocycles. The van der Waals surface area contributed by atoms with Crippen molar-refractivity contribution < 1.29 is 31.9 Å². The van der Waals surface area contributed by atoms with Gasteiger partial charge in [-0.25, -0.2) is 12.8 Å². The van der Waals surface area contributed by atoms with Crippen molar-refractivity contribution >= 4 is 27.5 Å². The largest absolute Gasteiger partial charge is 0.493 e. The Morgan fingerprint density at radius 1 is 0.927 bits per heavy atom. The molecule has 0 aliphatic heterocycles. The van der Waals surface area contributed by atoms with E-state index in [-0.39, 0.29) is 41.2 Å². The number of ether oxygens (including phenoxy) is 2. The van der Waals surface area contributed by atoms with Gasteiger partial charge in [0, 0.05) is 18.7 Å². The van der Waals surface area contributed by atoms with Gasteiger partial charge in [0.1, 0.15) is 18.4 Å². The molecule has 0 fully saturated rings. The van der Waals surface area contributed by atoms with Crippen molar-refractivity contribution in [1.29, 1.82) is 0 Å². The van der Waals surface area contributed by atoms with Crippen molar-refractivity contribution in [2.45, 2.75) is 50.7 Å². The lowest BCUT2D eigenvalue weighted by Gasteiger charge is -2.33. The van der Waals surface area contributed by atoms with Gasteiger partial charge in [-0.05, 0) is 62.2 Å². The molecule has 0 radical (unpaired) electrons. The molecule has 0 spiro atoms. The predicted molar refractivity (Wildman–Crippen MR) is 155 cm³/mol. The summed E-state index contributed by atoms with van der Waals surface area (Å²) in [5.74, 6) is -0.851. The Labute approximate surface area is 240 Å². The minimum Gasteiger partial charge on any atom is -0.493 e. The molecule has 9 nitrogen and oxygen atoms in total. The number of halogens is 1. The van der Waals surface area contributed by atoms with Crippen LogP contribution in [0.4, 0.5) is 10.1 Å². The maximum atomic E-state index is 14.0. The second-order valence-corrected chi connectivity index (χ2v) is 11.5. The van der Waals surface area contributed by atoms with E-state index < -0.39 is 34.3 Å². The molecule has 3 aromatic carbocycles. The Kier molecular flexibility index (Phi) is 10.7. The van der Waals surface area contributed by atoms with Gasteiger partial charge in [0.15, 0.2) is 11.5 Å². The van der Waals surface area contributed by atoms with E-state index in [9.17, 15) is 22.4 Å². The molecule has 3 aromatic rings. The zero-order valence-electron chi connectivity index (χ0n) is 23.8. The first-order valence-corrected chi connectivity index (χ1v) is 14.6. The van der Waals surface area contributed by atoms with Gasteiger partial charge in [-0.3, -0.25) is 13.9 Å². The smallest absolute Gasteiger partial charge is 0.264 e. The van der Waals surface area contributed by atoms with Gasteiger partial charge < -0.3 is 19.7 Å². The maximum absolute atomic E-state index is 14.0. The van der Waals surface area contributed by atoms with Crippen LogP contribution < -0.4 is 19.1 Å². The molecule has 11 heteroatoms. The molecule has 41 heavy (non-hydrogen) atoms. The zero-order chi connectivity index (χ0) is 30.2. The topological polar surface area (TPSA) is 105 Å². The lowest BCUT2D eigenvalue weighted by molar-refractivity contribution is -0.140. The number of rotatable bonds is 13. The molecule has 1 atom stereocenters. The third-order valence-electron chi connectivity index (χ3n) is 6.35.